The van der Waals surface area contributed by atoms with Gasteiger partial charge in [0.25, 0.3) is 11.6 Å². The minimum absolute atomic E-state index is 0.110. The van der Waals surface area contributed by atoms with E-state index in [-0.39, 0.29) is 11.3 Å². The standard InChI is InChI=1S/C19H17BrN4O4/c1-13-17(10-14(20)11-18(13)24(26)27)19(25)22-15-2-4-16(5-3-15)28-9-8-23-7-6-21-12-23/h2-7,10-12H,8-9H2,1H3,(H,22,25). The first kappa shape index (κ1) is 19.6. The molecule has 28 heavy (non-hydrogen) atoms. The normalized spacial score (nSPS) is 10.5. The first-order valence-corrected chi connectivity index (χ1v) is 9.18. The van der Waals surface area contributed by atoms with Crippen molar-refractivity contribution < 1.29 is 14.5 Å². The lowest BCUT2D eigenvalue weighted by Gasteiger charge is -2.10. The lowest BCUT2D eigenvalue weighted by atomic mass is 10.1. The fourth-order valence-corrected chi connectivity index (χ4v) is 3.06. The highest BCUT2D eigenvalue weighted by molar-refractivity contribution is 9.10. The second kappa shape index (κ2) is 8.66. The summed E-state index contributed by atoms with van der Waals surface area (Å²) in [6.45, 7) is 2.72. The number of amides is 1. The highest BCUT2D eigenvalue weighted by Crippen LogP contribution is 2.27. The Labute approximate surface area is 169 Å². The van der Waals surface area contributed by atoms with Gasteiger partial charge in [0.15, 0.2) is 0 Å². The van der Waals surface area contributed by atoms with Crippen LogP contribution in [0.15, 0.2) is 59.6 Å². The zero-order chi connectivity index (χ0) is 20.1. The molecule has 0 unspecified atom stereocenters. The van der Waals surface area contributed by atoms with Gasteiger partial charge in [-0.2, -0.15) is 0 Å². The third kappa shape index (κ3) is 4.74. The highest BCUT2D eigenvalue weighted by atomic mass is 79.9. The van der Waals surface area contributed by atoms with Crippen LogP contribution in [0.2, 0.25) is 0 Å². The first-order valence-electron chi connectivity index (χ1n) is 8.38. The Morgan fingerprint density at radius 3 is 2.71 bits per heavy atom. The van der Waals surface area contributed by atoms with Crippen molar-refractivity contribution in [1.82, 2.24) is 9.55 Å². The van der Waals surface area contributed by atoms with Crippen molar-refractivity contribution >= 4 is 33.2 Å². The SMILES string of the molecule is Cc1c(C(=O)Nc2ccc(OCCn3ccnc3)cc2)cc(Br)cc1[N+](=O)[O-]. The predicted octanol–water partition coefficient (Wildman–Crippen LogP) is 4.19. The molecule has 0 spiro atoms. The van der Waals surface area contributed by atoms with Gasteiger partial charge >= 0.3 is 0 Å². The number of carbonyl (C=O) groups excluding carboxylic acids is 1. The molecule has 144 valence electrons. The summed E-state index contributed by atoms with van der Waals surface area (Å²) >= 11 is 3.21. The van der Waals surface area contributed by atoms with E-state index in [1.165, 1.54) is 6.07 Å². The maximum absolute atomic E-state index is 12.6. The van der Waals surface area contributed by atoms with Crippen molar-refractivity contribution in [2.24, 2.45) is 0 Å². The number of rotatable bonds is 7. The van der Waals surface area contributed by atoms with Crippen molar-refractivity contribution in [1.29, 1.82) is 0 Å². The largest absolute Gasteiger partial charge is 0.492 e. The number of halogens is 1. The van der Waals surface area contributed by atoms with Crippen LogP contribution in [0.25, 0.3) is 0 Å². The molecule has 0 aliphatic heterocycles. The number of nitrogens with zero attached hydrogens (tertiary/aromatic N) is 3. The molecule has 0 atom stereocenters. The molecule has 2 aromatic carbocycles. The molecule has 1 amide bonds. The number of hydrogen-bond acceptors (Lipinski definition) is 5. The molecule has 1 N–H and O–H groups in total. The average molecular weight is 445 g/mol. The van der Waals surface area contributed by atoms with Crippen molar-refractivity contribution in [3.63, 3.8) is 0 Å². The van der Waals surface area contributed by atoms with Crippen molar-refractivity contribution in [2.45, 2.75) is 13.5 Å². The molecule has 8 nitrogen and oxygen atoms in total. The molecule has 0 aliphatic rings. The summed E-state index contributed by atoms with van der Waals surface area (Å²) in [7, 11) is 0. The van der Waals surface area contributed by atoms with Gasteiger partial charge in [0, 0.05) is 34.2 Å². The number of imidazole rings is 1. The van der Waals surface area contributed by atoms with Gasteiger partial charge < -0.3 is 14.6 Å². The van der Waals surface area contributed by atoms with Gasteiger partial charge in [-0.05, 0) is 37.3 Å². The van der Waals surface area contributed by atoms with E-state index in [4.69, 9.17) is 4.74 Å². The number of carbonyl (C=O) groups is 1. The quantitative estimate of drug-likeness (QED) is 0.434. The van der Waals surface area contributed by atoms with Crippen LogP contribution in [0, 0.1) is 17.0 Å². The highest BCUT2D eigenvalue weighted by Gasteiger charge is 2.20. The Hall–Kier alpha value is -3.20. The summed E-state index contributed by atoms with van der Waals surface area (Å²) in [4.78, 5) is 27.2. The summed E-state index contributed by atoms with van der Waals surface area (Å²) in [5.41, 5.74) is 1.00. The van der Waals surface area contributed by atoms with Crippen LogP contribution in [0.1, 0.15) is 15.9 Å². The average Bonchev–Trinajstić information content (AvgIpc) is 3.18. The Morgan fingerprint density at radius 2 is 2.07 bits per heavy atom. The minimum atomic E-state index is -0.507. The molecule has 3 rings (SSSR count). The maximum Gasteiger partial charge on any atom is 0.274 e. The van der Waals surface area contributed by atoms with Crippen LogP contribution in [0.4, 0.5) is 11.4 Å². The molecular weight excluding hydrogens is 428 g/mol. The summed E-state index contributed by atoms with van der Waals surface area (Å²) < 4.78 is 8.04. The monoisotopic (exact) mass is 444 g/mol. The fourth-order valence-electron chi connectivity index (χ4n) is 2.61. The van der Waals surface area contributed by atoms with Gasteiger partial charge in [0.05, 0.1) is 23.4 Å². The molecule has 0 bridgehead atoms. The van der Waals surface area contributed by atoms with E-state index < -0.39 is 10.8 Å². The van der Waals surface area contributed by atoms with Crippen molar-refractivity contribution in [3.8, 4) is 5.75 Å². The van der Waals surface area contributed by atoms with E-state index in [1.54, 1.807) is 49.8 Å². The first-order chi connectivity index (χ1) is 13.4. The van der Waals surface area contributed by atoms with E-state index >= 15 is 0 Å². The lowest BCUT2D eigenvalue weighted by molar-refractivity contribution is -0.385. The number of nitrogens with one attached hydrogen (secondary N) is 1. The zero-order valence-electron chi connectivity index (χ0n) is 15.0. The smallest absolute Gasteiger partial charge is 0.274 e. The fraction of sp³-hybridized carbons (Fsp3) is 0.158. The Bertz CT molecular complexity index is 988. The van der Waals surface area contributed by atoms with Gasteiger partial charge in [0.2, 0.25) is 0 Å². The number of nitro benzene ring substituents is 1. The molecule has 0 radical (unpaired) electrons. The van der Waals surface area contributed by atoms with Crippen molar-refractivity contribution in [3.05, 3.63) is 80.8 Å². The molecular formula is C19H17BrN4O4. The number of anilines is 1. The second-order valence-corrected chi connectivity index (χ2v) is 6.90. The Kier molecular flexibility index (Phi) is 6.05. The molecule has 0 aliphatic carbocycles. The van der Waals surface area contributed by atoms with E-state index in [1.807, 2.05) is 10.8 Å². The van der Waals surface area contributed by atoms with E-state index in [9.17, 15) is 14.9 Å². The lowest BCUT2D eigenvalue weighted by Crippen LogP contribution is -2.14. The zero-order valence-corrected chi connectivity index (χ0v) is 16.5. The van der Waals surface area contributed by atoms with Crippen molar-refractivity contribution in [2.75, 3.05) is 11.9 Å². The molecule has 0 saturated heterocycles. The van der Waals surface area contributed by atoms with Crippen LogP contribution in [-0.4, -0.2) is 27.0 Å². The van der Waals surface area contributed by atoms with Crippen LogP contribution >= 0.6 is 15.9 Å². The van der Waals surface area contributed by atoms with Crippen LogP contribution in [0.3, 0.4) is 0 Å². The van der Waals surface area contributed by atoms with E-state index in [2.05, 4.69) is 26.2 Å². The predicted molar refractivity (Wildman–Crippen MR) is 108 cm³/mol. The summed E-state index contributed by atoms with van der Waals surface area (Å²) in [5, 5.41) is 13.9. The van der Waals surface area contributed by atoms with E-state index in [0.717, 1.165) is 0 Å². The third-order valence-electron chi connectivity index (χ3n) is 4.08. The Balaban J connectivity index is 1.64. The van der Waals surface area contributed by atoms with Crippen LogP contribution in [0.5, 0.6) is 5.75 Å². The molecule has 9 heteroatoms. The molecule has 0 saturated carbocycles. The summed E-state index contributed by atoms with van der Waals surface area (Å²) in [6, 6.07) is 9.87. The third-order valence-corrected chi connectivity index (χ3v) is 4.53. The van der Waals surface area contributed by atoms with Gasteiger partial charge in [-0.1, -0.05) is 15.9 Å². The number of hydrogen-bond donors (Lipinski definition) is 1. The van der Waals surface area contributed by atoms with Crippen LogP contribution in [-0.2, 0) is 6.54 Å². The maximum atomic E-state index is 12.6. The van der Waals surface area contributed by atoms with Gasteiger partial charge in [-0.15, -0.1) is 0 Å². The topological polar surface area (TPSA) is 99.3 Å². The van der Waals surface area contributed by atoms with Gasteiger partial charge in [-0.25, -0.2) is 4.98 Å². The van der Waals surface area contributed by atoms with Gasteiger partial charge in [-0.3, -0.25) is 14.9 Å². The number of ether oxygens (including phenoxy) is 1. The second-order valence-electron chi connectivity index (χ2n) is 5.98. The summed E-state index contributed by atoms with van der Waals surface area (Å²) in [6.07, 6.45) is 5.28. The molecule has 1 aromatic heterocycles. The minimum Gasteiger partial charge on any atom is -0.492 e. The number of aromatic nitrogens is 2. The van der Waals surface area contributed by atoms with Gasteiger partial charge in [0.1, 0.15) is 12.4 Å². The summed E-state index contributed by atoms with van der Waals surface area (Å²) in [5.74, 6) is 0.253. The number of benzene rings is 2. The molecule has 0 fully saturated rings. The van der Waals surface area contributed by atoms with Crippen LogP contribution < -0.4 is 10.1 Å². The van der Waals surface area contributed by atoms with E-state index in [0.29, 0.717) is 34.6 Å². The number of nitro groups is 1. The molecule has 1 heterocycles. The Morgan fingerprint density at radius 1 is 1.32 bits per heavy atom. The molecule has 3 aromatic rings.